The summed E-state index contributed by atoms with van der Waals surface area (Å²) < 4.78 is 0. The predicted octanol–water partition coefficient (Wildman–Crippen LogP) is -3.40. The third kappa shape index (κ3) is 11.8. The van der Waals surface area contributed by atoms with Crippen molar-refractivity contribution < 1.29 is 34.2 Å². The van der Waals surface area contributed by atoms with E-state index in [0.29, 0.717) is 31.6 Å². The largest absolute Gasteiger partial charge is 0.480 e. The van der Waals surface area contributed by atoms with Crippen molar-refractivity contribution in [1.82, 2.24) is 16.0 Å². The Morgan fingerprint density at radius 3 is 1.97 bits per heavy atom. The summed E-state index contributed by atoms with van der Waals surface area (Å²) in [6.45, 7) is -0.467. The summed E-state index contributed by atoms with van der Waals surface area (Å²) >= 11 is 1.52. The van der Waals surface area contributed by atoms with E-state index in [1.165, 1.54) is 11.8 Å². The SMILES string of the molecule is CSCCC(N)C(=O)NC(CCCCN)C(=O)NC(CO)C(=O)NC(CC(N)=O)C(=O)O. The zero-order valence-electron chi connectivity index (χ0n) is 18.0. The maximum absolute atomic E-state index is 12.7. The minimum atomic E-state index is -1.62. The smallest absolute Gasteiger partial charge is 0.326 e. The molecule has 0 aromatic carbocycles. The normalized spacial score (nSPS) is 14.5. The Labute approximate surface area is 190 Å². The van der Waals surface area contributed by atoms with Gasteiger partial charge in [0.05, 0.1) is 19.1 Å². The second kappa shape index (κ2) is 16.2. The Bertz CT molecular complexity index is 651. The summed E-state index contributed by atoms with van der Waals surface area (Å²) in [6, 6.07) is -5.01. The number of hydrogen-bond donors (Lipinski definition) is 8. The van der Waals surface area contributed by atoms with Crippen molar-refractivity contribution >= 4 is 41.4 Å². The second-order valence-corrected chi connectivity index (χ2v) is 8.03. The number of primary amides is 1. The van der Waals surface area contributed by atoms with E-state index in [0.717, 1.165) is 0 Å². The molecule has 0 rings (SSSR count). The number of carboxylic acid groups (broad SMARTS) is 1. The molecule has 4 unspecified atom stereocenters. The number of unbranched alkanes of at least 4 members (excludes halogenated alkanes) is 1. The molecule has 11 N–H and O–H groups in total. The summed E-state index contributed by atoms with van der Waals surface area (Å²) in [5.41, 5.74) is 16.3. The van der Waals surface area contributed by atoms with Gasteiger partial charge in [-0.3, -0.25) is 19.2 Å². The molecule has 0 aliphatic heterocycles. The first-order valence-corrected chi connectivity index (χ1v) is 11.4. The highest BCUT2D eigenvalue weighted by molar-refractivity contribution is 7.98. The molecule has 0 saturated heterocycles. The molecule has 4 amide bonds. The van der Waals surface area contributed by atoms with Gasteiger partial charge >= 0.3 is 5.97 Å². The Kier molecular flexibility index (Phi) is 15.0. The maximum atomic E-state index is 12.7. The average Bonchev–Trinajstić information content (AvgIpc) is 2.73. The van der Waals surface area contributed by atoms with Crippen LogP contribution in [0.5, 0.6) is 0 Å². The van der Waals surface area contributed by atoms with Crippen LogP contribution in [0.3, 0.4) is 0 Å². The minimum Gasteiger partial charge on any atom is -0.480 e. The van der Waals surface area contributed by atoms with Crippen molar-refractivity contribution in [2.24, 2.45) is 17.2 Å². The number of thioether (sulfide) groups is 1. The third-order valence-electron chi connectivity index (χ3n) is 4.39. The number of carboxylic acids is 1. The molecule has 0 radical (unpaired) electrons. The average molecular weight is 479 g/mol. The molecule has 32 heavy (non-hydrogen) atoms. The topological polar surface area (TPSA) is 240 Å². The Hall–Kier alpha value is -2.42. The molecule has 0 fully saturated rings. The first-order valence-electron chi connectivity index (χ1n) is 10.0. The summed E-state index contributed by atoms with van der Waals surface area (Å²) in [7, 11) is 0. The number of aliphatic hydroxyl groups is 1. The molecule has 184 valence electrons. The van der Waals surface area contributed by atoms with Crippen LogP contribution in [0.25, 0.3) is 0 Å². The molecular weight excluding hydrogens is 444 g/mol. The third-order valence-corrected chi connectivity index (χ3v) is 5.03. The van der Waals surface area contributed by atoms with Crippen LogP contribution in [0, 0.1) is 0 Å². The van der Waals surface area contributed by atoms with Crippen molar-refractivity contribution in [3.63, 3.8) is 0 Å². The standard InChI is InChI=1S/C18H34N6O7S/c1-32-7-5-10(20)15(27)22-11(4-2-3-6-19)16(28)24-13(9-25)17(29)23-12(18(30)31)8-14(21)26/h10-13,25H,2-9,19-20H2,1H3,(H2,21,26)(H,22,27)(H,23,29)(H,24,28)(H,30,31). The molecule has 14 heteroatoms. The number of nitrogens with one attached hydrogen (secondary N) is 3. The minimum absolute atomic E-state index is 0.212. The number of aliphatic hydroxyl groups excluding tert-OH is 1. The Morgan fingerprint density at radius 1 is 0.906 bits per heavy atom. The predicted molar refractivity (Wildman–Crippen MR) is 118 cm³/mol. The fraction of sp³-hybridized carbons (Fsp3) is 0.722. The highest BCUT2D eigenvalue weighted by Crippen LogP contribution is 2.05. The van der Waals surface area contributed by atoms with Crippen LogP contribution >= 0.6 is 11.8 Å². The van der Waals surface area contributed by atoms with Crippen LogP contribution in [-0.4, -0.2) is 89.1 Å². The van der Waals surface area contributed by atoms with Gasteiger partial charge in [0, 0.05) is 0 Å². The van der Waals surface area contributed by atoms with Gasteiger partial charge in [-0.05, 0) is 44.2 Å². The molecule has 0 aromatic heterocycles. The highest BCUT2D eigenvalue weighted by atomic mass is 32.2. The monoisotopic (exact) mass is 478 g/mol. The molecule has 4 atom stereocenters. The van der Waals surface area contributed by atoms with Crippen molar-refractivity contribution in [3.05, 3.63) is 0 Å². The van der Waals surface area contributed by atoms with Crippen LogP contribution in [0.4, 0.5) is 0 Å². The van der Waals surface area contributed by atoms with Crippen LogP contribution in [0.1, 0.15) is 32.1 Å². The van der Waals surface area contributed by atoms with Gasteiger partial charge in [0.1, 0.15) is 18.1 Å². The van der Waals surface area contributed by atoms with E-state index >= 15 is 0 Å². The van der Waals surface area contributed by atoms with Gasteiger partial charge in [-0.1, -0.05) is 0 Å². The molecule has 0 spiro atoms. The van der Waals surface area contributed by atoms with Crippen molar-refractivity contribution in [3.8, 4) is 0 Å². The summed E-state index contributed by atoms with van der Waals surface area (Å²) in [5, 5.41) is 25.4. The Morgan fingerprint density at radius 2 is 1.47 bits per heavy atom. The molecule has 0 saturated carbocycles. The lowest BCUT2D eigenvalue weighted by atomic mass is 10.1. The van der Waals surface area contributed by atoms with Crippen LogP contribution in [0.2, 0.25) is 0 Å². The number of rotatable bonds is 17. The van der Waals surface area contributed by atoms with E-state index in [2.05, 4.69) is 10.6 Å². The fourth-order valence-corrected chi connectivity index (χ4v) is 3.05. The molecular formula is C18H34N6O7S. The van der Waals surface area contributed by atoms with Gasteiger partial charge in [-0.2, -0.15) is 11.8 Å². The van der Waals surface area contributed by atoms with Crippen molar-refractivity contribution in [2.75, 3.05) is 25.2 Å². The van der Waals surface area contributed by atoms with Gasteiger partial charge in [-0.25, -0.2) is 4.79 Å². The summed E-state index contributed by atoms with van der Waals surface area (Å²) in [4.78, 5) is 59.5. The van der Waals surface area contributed by atoms with Gasteiger partial charge in [0.2, 0.25) is 23.6 Å². The first-order chi connectivity index (χ1) is 15.1. The van der Waals surface area contributed by atoms with Gasteiger partial charge < -0.3 is 43.4 Å². The molecule has 0 aliphatic rings. The van der Waals surface area contributed by atoms with Crippen LogP contribution in [-0.2, 0) is 24.0 Å². The number of carbonyl (C=O) groups is 5. The lowest BCUT2D eigenvalue weighted by Crippen LogP contribution is -2.58. The zero-order valence-corrected chi connectivity index (χ0v) is 18.9. The van der Waals surface area contributed by atoms with E-state index in [9.17, 15) is 29.1 Å². The summed E-state index contributed by atoms with van der Waals surface area (Å²) in [6.07, 6.45) is 2.91. The van der Waals surface area contributed by atoms with Crippen LogP contribution < -0.4 is 33.2 Å². The van der Waals surface area contributed by atoms with E-state index < -0.39 is 66.8 Å². The molecule has 0 aromatic rings. The first kappa shape index (κ1) is 29.6. The summed E-state index contributed by atoms with van der Waals surface area (Å²) in [5.74, 6) is -4.14. The van der Waals surface area contributed by atoms with E-state index in [-0.39, 0.29) is 6.42 Å². The second-order valence-electron chi connectivity index (χ2n) is 7.05. The van der Waals surface area contributed by atoms with E-state index in [1.807, 2.05) is 11.6 Å². The van der Waals surface area contributed by atoms with Gasteiger partial charge in [0.25, 0.3) is 0 Å². The van der Waals surface area contributed by atoms with Gasteiger partial charge in [0.15, 0.2) is 0 Å². The zero-order chi connectivity index (χ0) is 24.7. The molecule has 13 nitrogen and oxygen atoms in total. The Balaban J connectivity index is 5.21. The number of amides is 4. The van der Waals surface area contributed by atoms with Crippen molar-refractivity contribution in [2.45, 2.75) is 56.3 Å². The van der Waals surface area contributed by atoms with Crippen LogP contribution in [0.15, 0.2) is 0 Å². The van der Waals surface area contributed by atoms with Crippen molar-refractivity contribution in [1.29, 1.82) is 0 Å². The lowest BCUT2D eigenvalue weighted by molar-refractivity contribution is -0.144. The number of aliphatic carboxylic acids is 1. The molecule has 0 aliphatic carbocycles. The number of hydrogen-bond acceptors (Lipinski definition) is 9. The quantitative estimate of drug-likeness (QED) is 0.0963. The molecule has 0 bridgehead atoms. The maximum Gasteiger partial charge on any atom is 0.326 e. The van der Waals surface area contributed by atoms with Gasteiger partial charge in [-0.15, -0.1) is 0 Å². The fourth-order valence-electron chi connectivity index (χ4n) is 2.56. The van der Waals surface area contributed by atoms with E-state index in [1.54, 1.807) is 0 Å². The highest BCUT2D eigenvalue weighted by Gasteiger charge is 2.30. The lowest BCUT2D eigenvalue weighted by Gasteiger charge is -2.24. The number of nitrogens with two attached hydrogens (primary N) is 3. The molecule has 0 heterocycles. The van der Waals surface area contributed by atoms with E-state index in [4.69, 9.17) is 22.3 Å². The number of carbonyl (C=O) groups excluding carboxylic acids is 4.